The zero-order valence-electron chi connectivity index (χ0n) is 10.2. The average molecular weight is 220 g/mol. The first-order valence-corrected chi connectivity index (χ1v) is 5.67. The normalized spacial score (nSPS) is 19.6. The predicted molar refractivity (Wildman–Crippen MR) is 65.6 cm³/mol. The summed E-state index contributed by atoms with van der Waals surface area (Å²) in [5.74, 6) is 0.929. The Balaban J connectivity index is 2.39. The number of ether oxygens (including phenoxy) is 1. The minimum absolute atomic E-state index is 0.0713. The van der Waals surface area contributed by atoms with Gasteiger partial charge in [-0.3, -0.25) is 0 Å². The van der Waals surface area contributed by atoms with Crippen LogP contribution in [0.2, 0.25) is 0 Å². The molecule has 0 bridgehead atoms. The zero-order valence-corrected chi connectivity index (χ0v) is 10.2. The molecule has 1 unspecified atom stereocenters. The maximum atomic E-state index is 6.35. The van der Waals surface area contributed by atoms with Crippen LogP contribution in [0.5, 0.6) is 5.75 Å². The van der Waals surface area contributed by atoms with Crippen molar-refractivity contribution in [1.82, 2.24) is 4.90 Å². The molecule has 1 aromatic rings. The molecule has 0 saturated heterocycles. The van der Waals surface area contributed by atoms with E-state index in [2.05, 4.69) is 25.1 Å². The molecule has 2 N–H and O–H groups in total. The van der Waals surface area contributed by atoms with Gasteiger partial charge in [-0.25, -0.2) is 0 Å². The number of rotatable bonds is 4. The fourth-order valence-corrected chi connectivity index (χ4v) is 2.41. The van der Waals surface area contributed by atoms with E-state index in [9.17, 15) is 0 Å². The summed E-state index contributed by atoms with van der Waals surface area (Å²) in [6.07, 6.45) is 2.18. The Morgan fingerprint density at radius 1 is 1.31 bits per heavy atom. The zero-order chi connectivity index (χ0) is 11.8. The summed E-state index contributed by atoms with van der Waals surface area (Å²) in [6, 6.07) is 8.38. The van der Waals surface area contributed by atoms with Gasteiger partial charge in [0.2, 0.25) is 0 Å². The van der Waals surface area contributed by atoms with Crippen LogP contribution >= 0.6 is 0 Å². The molecule has 3 nitrogen and oxygen atoms in total. The van der Waals surface area contributed by atoms with E-state index in [4.69, 9.17) is 10.5 Å². The van der Waals surface area contributed by atoms with Gasteiger partial charge in [0.25, 0.3) is 0 Å². The molecule has 88 valence electrons. The van der Waals surface area contributed by atoms with E-state index in [-0.39, 0.29) is 11.6 Å². The Morgan fingerprint density at radius 2 is 1.94 bits per heavy atom. The van der Waals surface area contributed by atoms with E-state index in [1.807, 2.05) is 18.2 Å². The second-order valence-corrected chi connectivity index (χ2v) is 4.84. The van der Waals surface area contributed by atoms with Crippen molar-refractivity contribution in [2.24, 2.45) is 5.73 Å². The van der Waals surface area contributed by atoms with Gasteiger partial charge < -0.3 is 15.4 Å². The van der Waals surface area contributed by atoms with Crippen molar-refractivity contribution in [2.45, 2.75) is 24.4 Å². The molecule has 0 radical (unpaired) electrons. The maximum absolute atomic E-state index is 6.35. The lowest BCUT2D eigenvalue weighted by atomic mass is 9.96. The van der Waals surface area contributed by atoms with Crippen molar-refractivity contribution >= 4 is 0 Å². The van der Waals surface area contributed by atoms with Gasteiger partial charge in [0.15, 0.2) is 0 Å². The summed E-state index contributed by atoms with van der Waals surface area (Å²) in [6.45, 7) is 0. The van der Waals surface area contributed by atoms with Crippen LogP contribution in [0.15, 0.2) is 24.3 Å². The van der Waals surface area contributed by atoms with E-state index >= 15 is 0 Å². The first kappa shape index (κ1) is 11.4. The molecule has 3 heteroatoms. The minimum atomic E-state index is -0.0713. The Bertz CT molecular complexity index is 372. The van der Waals surface area contributed by atoms with E-state index in [0.29, 0.717) is 0 Å². The molecule has 16 heavy (non-hydrogen) atoms. The largest absolute Gasteiger partial charge is 0.496 e. The van der Waals surface area contributed by atoms with Gasteiger partial charge in [0.1, 0.15) is 5.75 Å². The highest BCUT2D eigenvalue weighted by atomic mass is 16.5. The standard InChI is InChI=1S/C13H20N2O/c1-15(2)12(13(14)8-9-13)10-6-4-5-7-11(10)16-3/h4-7,12H,8-9,14H2,1-3H3. The van der Waals surface area contributed by atoms with E-state index < -0.39 is 0 Å². The van der Waals surface area contributed by atoms with Crippen molar-refractivity contribution in [1.29, 1.82) is 0 Å². The number of likely N-dealkylation sites (N-methyl/N-ethyl adjacent to an activating group) is 1. The second kappa shape index (κ2) is 4.07. The van der Waals surface area contributed by atoms with Gasteiger partial charge in [0.05, 0.1) is 13.2 Å². The first-order valence-electron chi connectivity index (χ1n) is 5.67. The highest BCUT2D eigenvalue weighted by Crippen LogP contribution is 2.47. The predicted octanol–water partition coefficient (Wildman–Crippen LogP) is 1.79. The summed E-state index contributed by atoms with van der Waals surface area (Å²) in [7, 11) is 5.86. The molecule has 0 aliphatic heterocycles. The van der Waals surface area contributed by atoms with Crippen LogP contribution in [0.1, 0.15) is 24.4 Å². The summed E-state index contributed by atoms with van der Waals surface area (Å²) in [5, 5.41) is 0. The Hall–Kier alpha value is -1.06. The summed E-state index contributed by atoms with van der Waals surface area (Å²) in [4.78, 5) is 2.19. The summed E-state index contributed by atoms with van der Waals surface area (Å²) in [5.41, 5.74) is 7.47. The number of hydrogen-bond acceptors (Lipinski definition) is 3. The lowest BCUT2D eigenvalue weighted by Gasteiger charge is -2.31. The molecule has 1 fully saturated rings. The molecule has 1 aromatic carbocycles. The first-order chi connectivity index (χ1) is 7.58. The van der Waals surface area contributed by atoms with Crippen LogP contribution in [0.25, 0.3) is 0 Å². The number of para-hydroxylation sites is 1. The molecular formula is C13H20N2O. The fourth-order valence-electron chi connectivity index (χ4n) is 2.41. The number of methoxy groups -OCH3 is 1. The fraction of sp³-hybridized carbons (Fsp3) is 0.538. The van der Waals surface area contributed by atoms with E-state index in [1.165, 1.54) is 5.56 Å². The van der Waals surface area contributed by atoms with Gasteiger partial charge in [0, 0.05) is 11.1 Å². The topological polar surface area (TPSA) is 38.5 Å². The lowest BCUT2D eigenvalue weighted by Crippen LogP contribution is -2.39. The third kappa shape index (κ3) is 1.93. The molecule has 2 rings (SSSR count). The highest BCUT2D eigenvalue weighted by molar-refractivity contribution is 5.39. The molecule has 0 heterocycles. The van der Waals surface area contributed by atoms with Crippen LogP contribution in [0.3, 0.4) is 0 Å². The van der Waals surface area contributed by atoms with E-state index in [1.54, 1.807) is 7.11 Å². The van der Waals surface area contributed by atoms with Crippen molar-refractivity contribution in [3.63, 3.8) is 0 Å². The quantitative estimate of drug-likeness (QED) is 0.840. The molecule has 1 saturated carbocycles. The van der Waals surface area contributed by atoms with Gasteiger partial charge in [-0.05, 0) is 33.0 Å². The molecule has 1 aliphatic rings. The third-order valence-corrected chi connectivity index (χ3v) is 3.32. The van der Waals surface area contributed by atoms with Gasteiger partial charge in [-0.2, -0.15) is 0 Å². The van der Waals surface area contributed by atoms with Crippen LogP contribution in [0.4, 0.5) is 0 Å². The monoisotopic (exact) mass is 220 g/mol. The second-order valence-electron chi connectivity index (χ2n) is 4.84. The van der Waals surface area contributed by atoms with Gasteiger partial charge in [-0.15, -0.1) is 0 Å². The van der Waals surface area contributed by atoms with Gasteiger partial charge in [-0.1, -0.05) is 18.2 Å². The van der Waals surface area contributed by atoms with E-state index in [0.717, 1.165) is 18.6 Å². The van der Waals surface area contributed by atoms with Gasteiger partial charge >= 0.3 is 0 Å². The molecule has 1 aliphatic carbocycles. The minimum Gasteiger partial charge on any atom is -0.496 e. The number of nitrogens with two attached hydrogens (primary N) is 1. The molecular weight excluding hydrogens is 200 g/mol. The number of hydrogen-bond donors (Lipinski definition) is 1. The van der Waals surface area contributed by atoms with Crippen LogP contribution < -0.4 is 10.5 Å². The van der Waals surface area contributed by atoms with Crippen LogP contribution in [-0.4, -0.2) is 31.6 Å². The smallest absolute Gasteiger partial charge is 0.123 e. The van der Waals surface area contributed by atoms with Crippen molar-refractivity contribution in [2.75, 3.05) is 21.2 Å². The number of benzene rings is 1. The molecule has 0 aromatic heterocycles. The summed E-state index contributed by atoms with van der Waals surface area (Å²) < 4.78 is 5.42. The van der Waals surface area contributed by atoms with Crippen molar-refractivity contribution < 1.29 is 4.74 Å². The molecule has 0 spiro atoms. The Morgan fingerprint density at radius 3 is 2.44 bits per heavy atom. The third-order valence-electron chi connectivity index (χ3n) is 3.32. The van der Waals surface area contributed by atoms with Crippen LogP contribution in [0, 0.1) is 0 Å². The molecule has 1 atom stereocenters. The summed E-state index contributed by atoms with van der Waals surface area (Å²) >= 11 is 0. The highest BCUT2D eigenvalue weighted by Gasteiger charge is 2.48. The van der Waals surface area contributed by atoms with Crippen LogP contribution in [-0.2, 0) is 0 Å². The SMILES string of the molecule is COc1ccccc1C(N(C)C)C1(N)CC1. The Labute approximate surface area is 97.2 Å². The van der Waals surface area contributed by atoms with Crippen molar-refractivity contribution in [3.05, 3.63) is 29.8 Å². The maximum Gasteiger partial charge on any atom is 0.123 e. The van der Waals surface area contributed by atoms with Crippen molar-refractivity contribution in [3.8, 4) is 5.75 Å². The lowest BCUT2D eigenvalue weighted by molar-refractivity contribution is 0.239. The Kier molecular flexibility index (Phi) is 2.91. The average Bonchev–Trinajstić information content (AvgIpc) is 2.97. The molecule has 0 amide bonds. The number of nitrogens with zero attached hydrogens (tertiary/aromatic N) is 1.